The molecule has 1 aromatic carbocycles. The van der Waals surface area contributed by atoms with Crippen molar-refractivity contribution >= 4 is 11.0 Å². The van der Waals surface area contributed by atoms with E-state index in [0.29, 0.717) is 16.9 Å². The van der Waals surface area contributed by atoms with Gasteiger partial charge in [0, 0.05) is 0 Å². The van der Waals surface area contributed by atoms with Crippen LogP contribution in [0, 0.1) is 0 Å². The Balaban J connectivity index is 2.40. The van der Waals surface area contributed by atoms with Crippen molar-refractivity contribution in [2.45, 2.75) is 39.3 Å². The molecule has 0 spiro atoms. The van der Waals surface area contributed by atoms with Gasteiger partial charge in [0.05, 0.1) is 17.1 Å². The van der Waals surface area contributed by atoms with Gasteiger partial charge in [-0.3, -0.25) is 9.47 Å². The molecule has 1 atom stereocenters. The van der Waals surface area contributed by atoms with Crippen molar-refractivity contribution in [1.82, 2.24) is 14.5 Å². The predicted octanol–water partition coefficient (Wildman–Crippen LogP) is 4.22. The Morgan fingerprint density at radius 2 is 2.00 bits per heavy atom. The summed E-state index contributed by atoms with van der Waals surface area (Å²) in [5.74, 6) is 0.430. The number of hydrogen-bond donors (Lipinski definition) is 0. The Hall–Kier alpha value is -1.49. The van der Waals surface area contributed by atoms with Crippen molar-refractivity contribution in [3.05, 3.63) is 30.1 Å². The van der Waals surface area contributed by atoms with E-state index in [1.54, 1.807) is 18.2 Å². The van der Waals surface area contributed by atoms with E-state index >= 15 is 0 Å². The van der Waals surface area contributed by atoms with Crippen LogP contribution in [0.3, 0.4) is 0 Å². The summed E-state index contributed by atoms with van der Waals surface area (Å²) in [7, 11) is 1.95. The third kappa shape index (κ3) is 2.82. The van der Waals surface area contributed by atoms with Gasteiger partial charge in [0.2, 0.25) is 0 Å². The molecule has 0 aliphatic rings. The summed E-state index contributed by atoms with van der Waals surface area (Å²) >= 11 is 0. The van der Waals surface area contributed by atoms with Crippen LogP contribution in [0.2, 0.25) is 0 Å². The number of fused-ring (bicyclic) bond motifs is 1. The molecular formula is C15H21F2N3. The first kappa shape index (κ1) is 14.9. The fourth-order valence-electron chi connectivity index (χ4n) is 2.36. The summed E-state index contributed by atoms with van der Waals surface area (Å²) in [6.45, 7) is 2.35. The number of unbranched alkanes of at least 4 members (excludes halogenated alkanes) is 1. The lowest BCUT2D eigenvalue weighted by Gasteiger charge is -2.24. The summed E-state index contributed by atoms with van der Waals surface area (Å²) in [5.41, 5.74) is 1.12. The third-order valence-corrected chi connectivity index (χ3v) is 3.72. The smallest absolute Gasteiger partial charge is 0.297 e. The molecule has 0 saturated carbocycles. The van der Waals surface area contributed by atoms with Crippen LogP contribution in [-0.2, 0) is 0 Å². The van der Waals surface area contributed by atoms with E-state index in [2.05, 4.69) is 16.8 Å². The number of para-hydroxylation sites is 2. The highest BCUT2D eigenvalue weighted by atomic mass is 19.3. The first-order chi connectivity index (χ1) is 9.56. The van der Waals surface area contributed by atoms with Crippen LogP contribution in [0.25, 0.3) is 11.0 Å². The van der Waals surface area contributed by atoms with Gasteiger partial charge in [0.25, 0.3) is 0 Å². The van der Waals surface area contributed by atoms with Crippen molar-refractivity contribution < 1.29 is 8.78 Å². The molecule has 2 rings (SSSR count). The Morgan fingerprint density at radius 3 is 2.65 bits per heavy atom. The van der Waals surface area contributed by atoms with E-state index in [4.69, 9.17) is 0 Å². The van der Waals surface area contributed by atoms with Crippen LogP contribution >= 0.6 is 0 Å². The second-order valence-electron chi connectivity index (χ2n) is 5.12. The Kier molecular flexibility index (Phi) is 4.70. The first-order valence-corrected chi connectivity index (χ1v) is 7.01. The van der Waals surface area contributed by atoms with Gasteiger partial charge in [0.1, 0.15) is 5.82 Å². The van der Waals surface area contributed by atoms with Gasteiger partial charge in [-0.15, -0.1) is 0 Å². The molecule has 1 heterocycles. The van der Waals surface area contributed by atoms with E-state index < -0.39 is 6.55 Å². The van der Waals surface area contributed by atoms with Gasteiger partial charge in [-0.25, -0.2) is 4.98 Å². The monoisotopic (exact) mass is 281 g/mol. The highest BCUT2D eigenvalue weighted by Gasteiger charge is 2.23. The topological polar surface area (TPSA) is 21.1 Å². The normalized spacial score (nSPS) is 13.6. The van der Waals surface area contributed by atoms with E-state index in [-0.39, 0.29) is 6.04 Å². The number of benzene rings is 1. The Bertz CT molecular complexity index is 565. The molecule has 20 heavy (non-hydrogen) atoms. The number of halogens is 2. The number of alkyl halides is 2. The highest BCUT2D eigenvalue weighted by Crippen LogP contribution is 2.28. The van der Waals surface area contributed by atoms with Crippen molar-refractivity contribution in [2.24, 2.45) is 0 Å². The fraction of sp³-hybridized carbons (Fsp3) is 0.533. The molecule has 0 aliphatic carbocycles. The molecule has 2 aromatic rings. The molecule has 1 aromatic heterocycles. The molecule has 0 bridgehead atoms. The maximum absolute atomic E-state index is 13.4. The summed E-state index contributed by atoms with van der Waals surface area (Å²) < 4.78 is 27.8. The molecule has 0 fully saturated rings. The summed E-state index contributed by atoms with van der Waals surface area (Å²) in [5, 5.41) is 0. The largest absolute Gasteiger partial charge is 0.320 e. The van der Waals surface area contributed by atoms with E-state index in [1.807, 2.05) is 20.0 Å². The van der Waals surface area contributed by atoms with Crippen molar-refractivity contribution in [3.63, 3.8) is 0 Å². The minimum atomic E-state index is -2.57. The van der Waals surface area contributed by atoms with Crippen LogP contribution in [0.4, 0.5) is 8.78 Å². The molecule has 0 N–H and O–H groups in total. The van der Waals surface area contributed by atoms with Gasteiger partial charge in [-0.05, 0) is 39.1 Å². The van der Waals surface area contributed by atoms with Crippen LogP contribution in [0.1, 0.15) is 45.1 Å². The molecule has 1 unspecified atom stereocenters. The lowest BCUT2D eigenvalue weighted by atomic mass is 10.2. The predicted molar refractivity (Wildman–Crippen MR) is 76.9 cm³/mol. The second-order valence-corrected chi connectivity index (χ2v) is 5.12. The molecule has 0 saturated heterocycles. The zero-order chi connectivity index (χ0) is 14.7. The van der Waals surface area contributed by atoms with Crippen molar-refractivity contribution in [1.29, 1.82) is 0 Å². The second kappa shape index (κ2) is 6.31. The summed E-state index contributed by atoms with van der Waals surface area (Å²) in [6, 6.07) is 6.91. The Labute approximate surface area is 118 Å². The van der Waals surface area contributed by atoms with Crippen LogP contribution in [0.15, 0.2) is 24.3 Å². The number of imidazole rings is 1. The van der Waals surface area contributed by atoms with Crippen LogP contribution in [0.5, 0.6) is 0 Å². The maximum Gasteiger partial charge on any atom is 0.320 e. The van der Waals surface area contributed by atoms with Gasteiger partial charge in [-0.1, -0.05) is 25.5 Å². The summed E-state index contributed by atoms with van der Waals surface area (Å²) in [6.07, 6.45) is 2.14. The SMILES string of the molecule is CCCCN(C)C(C)c1nc2ccccc2n1C(F)F. The first-order valence-electron chi connectivity index (χ1n) is 7.01. The van der Waals surface area contributed by atoms with Crippen molar-refractivity contribution in [2.75, 3.05) is 13.6 Å². The molecule has 5 heteroatoms. The molecule has 0 radical (unpaired) electrons. The quantitative estimate of drug-likeness (QED) is 0.790. The Morgan fingerprint density at radius 1 is 1.30 bits per heavy atom. The maximum atomic E-state index is 13.4. The van der Waals surface area contributed by atoms with Crippen molar-refractivity contribution in [3.8, 4) is 0 Å². The number of rotatable bonds is 6. The van der Waals surface area contributed by atoms with E-state index in [9.17, 15) is 8.78 Å². The zero-order valence-electron chi connectivity index (χ0n) is 12.2. The fourth-order valence-corrected chi connectivity index (χ4v) is 2.36. The third-order valence-electron chi connectivity index (χ3n) is 3.72. The minimum Gasteiger partial charge on any atom is -0.297 e. The average molecular weight is 281 g/mol. The average Bonchev–Trinajstić information content (AvgIpc) is 2.83. The van der Waals surface area contributed by atoms with Crippen LogP contribution in [-0.4, -0.2) is 28.0 Å². The zero-order valence-corrected chi connectivity index (χ0v) is 12.2. The highest BCUT2D eigenvalue weighted by molar-refractivity contribution is 5.76. The molecular weight excluding hydrogens is 260 g/mol. The van der Waals surface area contributed by atoms with Gasteiger partial charge in [0.15, 0.2) is 0 Å². The van der Waals surface area contributed by atoms with E-state index in [1.165, 1.54) is 0 Å². The van der Waals surface area contributed by atoms with Gasteiger partial charge >= 0.3 is 6.55 Å². The van der Waals surface area contributed by atoms with Gasteiger partial charge < -0.3 is 0 Å². The van der Waals surface area contributed by atoms with E-state index in [0.717, 1.165) is 24.0 Å². The molecule has 0 aliphatic heterocycles. The lowest BCUT2D eigenvalue weighted by Crippen LogP contribution is -2.26. The summed E-state index contributed by atoms with van der Waals surface area (Å²) in [4.78, 5) is 6.48. The molecule has 0 amide bonds. The molecule has 3 nitrogen and oxygen atoms in total. The number of hydrogen-bond acceptors (Lipinski definition) is 2. The molecule has 110 valence electrons. The van der Waals surface area contributed by atoms with Crippen LogP contribution < -0.4 is 0 Å². The number of nitrogens with zero attached hydrogens (tertiary/aromatic N) is 3. The van der Waals surface area contributed by atoms with Gasteiger partial charge in [-0.2, -0.15) is 8.78 Å². The standard InChI is InChI=1S/C15H21F2N3/c1-4-5-10-19(3)11(2)14-18-12-8-6-7-9-13(12)20(14)15(16)17/h6-9,11,15H,4-5,10H2,1-3H3. The lowest BCUT2D eigenvalue weighted by molar-refractivity contribution is 0.0660. The minimum absolute atomic E-state index is 0.136. The number of aromatic nitrogens is 2.